The Morgan fingerprint density at radius 3 is 2.44 bits per heavy atom. The van der Waals surface area contributed by atoms with Gasteiger partial charge in [0, 0.05) is 63.7 Å². The Kier molecular flexibility index (Phi) is 13.5. The van der Waals surface area contributed by atoms with Crippen molar-refractivity contribution < 1.29 is 24.3 Å². The maximum atomic E-state index is 14.1. The molecule has 5 heterocycles. The van der Waals surface area contributed by atoms with Crippen LogP contribution in [0.4, 0.5) is 5.69 Å². The number of nitrogens with one attached hydrogen (secondary N) is 3. The molecule has 4 aromatic heterocycles. The third-order valence-corrected chi connectivity index (χ3v) is 13.3. The summed E-state index contributed by atoms with van der Waals surface area (Å²) in [5.41, 5.74) is 4.68. The molecule has 4 amide bonds. The number of amides is 4. The van der Waals surface area contributed by atoms with Crippen molar-refractivity contribution in [3.05, 3.63) is 83.1 Å². The van der Waals surface area contributed by atoms with Gasteiger partial charge in [0.15, 0.2) is 5.01 Å². The number of pyridine rings is 1. The third kappa shape index (κ3) is 10.0. The molecule has 0 unspecified atom stereocenters. The second-order valence-corrected chi connectivity index (χ2v) is 18.6. The summed E-state index contributed by atoms with van der Waals surface area (Å²) in [6.07, 6.45) is 5.65. The van der Waals surface area contributed by atoms with Crippen LogP contribution in [0.15, 0.2) is 67.0 Å². The number of aromatic nitrogens is 5. The van der Waals surface area contributed by atoms with Gasteiger partial charge in [-0.25, -0.2) is 4.52 Å². The first-order chi connectivity index (χ1) is 30.1. The fraction of sp³-hybridized carbons (Fsp3) is 0.457. The molecule has 1 saturated carbocycles. The maximum absolute atomic E-state index is 14.1. The standard InChI is InChI=1S/C46H55N11O5S/c1-27(29-10-8-7-9-11-29)51-42(61)38-21-33(58)26-56(38)45(62)41(46(2,3)4)52-39(59)18-19-40(60)55(6)31-14-12-30(13-15-31)43-53-54-44(63-43)34-25-49-36(22-35(34)48-5)37-17-16-32-20-28(23-47)24-50-57(32)37/h7-11,16-17,20,22,24-25,27,30-31,33,38,41,58H,12-15,18-19,21,26H2,1-6H3,(H,48,49)(H,51,61)(H,52,59)/t27-,30?,31?,33+,38-,41+/m0/s1. The van der Waals surface area contributed by atoms with Crippen LogP contribution in [0.5, 0.6) is 0 Å². The quantitative estimate of drug-likeness (QED) is 0.117. The number of likely N-dealkylation sites (tertiary alicyclic amines) is 1. The highest BCUT2D eigenvalue weighted by atomic mass is 32.1. The molecule has 5 aromatic rings. The molecule has 0 spiro atoms. The number of hydrogen-bond donors (Lipinski definition) is 4. The number of carbonyl (C=O) groups excluding carboxylic acids is 4. The van der Waals surface area contributed by atoms with Gasteiger partial charge in [-0.1, -0.05) is 62.4 Å². The van der Waals surface area contributed by atoms with Gasteiger partial charge in [0.2, 0.25) is 23.6 Å². The van der Waals surface area contributed by atoms with E-state index in [-0.39, 0.29) is 55.6 Å². The molecule has 1 saturated heterocycles. The van der Waals surface area contributed by atoms with Crippen molar-refractivity contribution in [2.75, 3.05) is 26.0 Å². The Bertz CT molecular complexity index is 2500. The zero-order valence-corrected chi connectivity index (χ0v) is 37.4. The van der Waals surface area contributed by atoms with E-state index in [9.17, 15) is 29.5 Å². The first-order valence-corrected chi connectivity index (χ1v) is 22.3. The Morgan fingerprint density at radius 1 is 1.00 bits per heavy atom. The molecule has 330 valence electrons. The fourth-order valence-corrected chi connectivity index (χ4v) is 9.57. The highest BCUT2D eigenvalue weighted by Gasteiger charge is 2.45. The summed E-state index contributed by atoms with van der Waals surface area (Å²) >= 11 is 1.54. The lowest BCUT2D eigenvalue weighted by Crippen LogP contribution is -2.57. The highest BCUT2D eigenvalue weighted by molar-refractivity contribution is 7.14. The monoisotopic (exact) mass is 873 g/mol. The molecule has 1 aromatic carbocycles. The lowest BCUT2D eigenvalue weighted by atomic mass is 9.85. The van der Waals surface area contributed by atoms with Gasteiger partial charge in [0.25, 0.3) is 0 Å². The summed E-state index contributed by atoms with van der Waals surface area (Å²) in [7, 11) is 3.63. The minimum atomic E-state index is -0.981. The second-order valence-electron chi connectivity index (χ2n) is 17.6. The zero-order valence-electron chi connectivity index (χ0n) is 36.5. The van der Waals surface area contributed by atoms with Crippen LogP contribution in [0.25, 0.3) is 27.5 Å². The van der Waals surface area contributed by atoms with Gasteiger partial charge in [-0.3, -0.25) is 24.2 Å². The van der Waals surface area contributed by atoms with Gasteiger partial charge < -0.3 is 30.9 Å². The number of carbonyl (C=O) groups is 4. The van der Waals surface area contributed by atoms with Gasteiger partial charge in [-0.2, -0.15) is 10.4 Å². The number of aliphatic hydroxyl groups is 1. The van der Waals surface area contributed by atoms with E-state index in [1.54, 1.807) is 40.1 Å². The number of nitriles is 1. The predicted octanol–water partition coefficient (Wildman–Crippen LogP) is 5.46. The summed E-state index contributed by atoms with van der Waals surface area (Å²) in [6, 6.07) is 17.0. The van der Waals surface area contributed by atoms with E-state index in [1.165, 1.54) is 11.1 Å². The van der Waals surface area contributed by atoms with Crippen LogP contribution < -0.4 is 16.0 Å². The van der Waals surface area contributed by atoms with Gasteiger partial charge in [-0.05, 0) is 67.9 Å². The Balaban J connectivity index is 0.908. The summed E-state index contributed by atoms with van der Waals surface area (Å²) in [6.45, 7) is 7.34. The Morgan fingerprint density at radius 2 is 1.75 bits per heavy atom. The SMILES string of the molecule is CNc1cc(-c2ccc3cc(C#N)cnn23)ncc1-c1nnc(C2CCC(N(C)C(=O)CCC(=O)N[C@H](C(=O)N3C[C@H](O)C[C@H]3C(=O)N[C@@H](C)c3ccccc3)C(C)(C)C)CC2)s1. The first kappa shape index (κ1) is 44.8. The number of fused-ring (bicyclic) bond motifs is 1. The van der Waals surface area contributed by atoms with E-state index in [2.05, 4.69) is 37.3 Å². The normalized spacial score (nSPS) is 19.8. The van der Waals surface area contributed by atoms with E-state index in [0.29, 0.717) is 5.56 Å². The van der Waals surface area contributed by atoms with E-state index in [0.717, 1.165) is 69.4 Å². The second kappa shape index (κ2) is 19.0. The molecule has 1 aliphatic carbocycles. The topological polar surface area (TPSA) is 211 Å². The molecule has 17 heteroatoms. The Labute approximate surface area is 371 Å². The van der Waals surface area contributed by atoms with Crippen molar-refractivity contribution in [2.24, 2.45) is 5.41 Å². The van der Waals surface area contributed by atoms with E-state index >= 15 is 0 Å². The predicted molar refractivity (Wildman–Crippen MR) is 239 cm³/mol. The number of β-amino-alcohol motifs (C(OH)–C–C–N with tert-alkyl or cyclic N) is 1. The van der Waals surface area contributed by atoms with Crippen LogP contribution in [0.3, 0.4) is 0 Å². The summed E-state index contributed by atoms with van der Waals surface area (Å²) in [4.78, 5) is 62.2. The van der Waals surface area contributed by atoms with Crippen molar-refractivity contribution in [3.63, 3.8) is 0 Å². The summed E-state index contributed by atoms with van der Waals surface area (Å²) in [5, 5.41) is 44.2. The molecular weight excluding hydrogens is 819 g/mol. The van der Waals surface area contributed by atoms with Crippen molar-refractivity contribution >= 4 is 46.2 Å². The first-order valence-electron chi connectivity index (χ1n) is 21.4. The smallest absolute Gasteiger partial charge is 0.246 e. The lowest BCUT2D eigenvalue weighted by molar-refractivity contribution is -0.144. The Hall–Kier alpha value is -6.25. The van der Waals surface area contributed by atoms with Crippen molar-refractivity contribution in [1.29, 1.82) is 5.26 Å². The van der Waals surface area contributed by atoms with Gasteiger partial charge in [0.05, 0.1) is 46.4 Å². The van der Waals surface area contributed by atoms with E-state index in [1.807, 2.05) is 83.3 Å². The molecule has 2 aliphatic rings. The van der Waals surface area contributed by atoms with E-state index < -0.39 is 35.4 Å². The number of rotatable bonds is 13. The minimum Gasteiger partial charge on any atom is -0.391 e. The van der Waals surface area contributed by atoms with Gasteiger partial charge in [-0.15, -0.1) is 10.2 Å². The van der Waals surface area contributed by atoms with Crippen LogP contribution in [0.2, 0.25) is 0 Å². The molecule has 0 radical (unpaired) electrons. The average Bonchev–Trinajstić information content (AvgIpc) is 4.05. The van der Waals surface area contributed by atoms with E-state index in [4.69, 9.17) is 4.98 Å². The number of anilines is 1. The number of nitrogens with zero attached hydrogens (tertiary/aromatic N) is 8. The van der Waals surface area contributed by atoms with Gasteiger partial charge >= 0.3 is 0 Å². The van der Waals surface area contributed by atoms with Crippen LogP contribution in [0, 0.1) is 16.7 Å². The summed E-state index contributed by atoms with van der Waals surface area (Å²) < 4.78 is 1.76. The highest BCUT2D eigenvalue weighted by Crippen LogP contribution is 2.40. The van der Waals surface area contributed by atoms with Crippen LogP contribution in [0.1, 0.15) is 101 Å². The van der Waals surface area contributed by atoms with Crippen molar-refractivity contribution in [2.45, 2.75) is 109 Å². The molecule has 0 bridgehead atoms. The number of aliphatic hydroxyl groups excluding tert-OH is 1. The minimum absolute atomic E-state index is 0.0149. The van der Waals surface area contributed by atoms with Crippen molar-refractivity contribution in [3.8, 4) is 28.0 Å². The molecule has 2 fully saturated rings. The number of benzene rings is 1. The molecule has 7 rings (SSSR count). The van der Waals surface area contributed by atoms with Gasteiger partial charge in [0.1, 0.15) is 23.2 Å². The lowest BCUT2D eigenvalue weighted by Gasteiger charge is -2.36. The average molecular weight is 874 g/mol. The molecule has 1 aliphatic heterocycles. The largest absolute Gasteiger partial charge is 0.391 e. The van der Waals surface area contributed by atoms with Crippen LogP contribution in [-0.2, 0) is 19.2 Å². The fourth-order valence-electron chi connectivity index (χ4n) is 8.53. The molecule has 4 N–H and O–H groups in total. The number of hydrogen-bond acceptors (Lipinski definition) is 12. The molecule has 16 nitrogen and oxygen atoms in total. The van der Waals surface area contributed by atoms with Crippen LogP contribution >= 0.6 is 11.3 Å². The molecular formula is C46H55N11O5S. The molecule has 4 atom stereocenters. The zero-order chi connectivity index (χ0) is 45.0. The van der Waals surface area contributed by atoms with Crippen molar-refractivity contribution in [1.82, 2.24) is 45.2 Å². The third-order valence-electron chi connectivity index (χ3n) is 12.2. The molecule has 63 heavy (non-hydrogen) atoms. The maximum Gasteiger partial charge on any atom is 0.246 e. The summed E-state index contributed by atoms with van der Waals surface area (Å²) in [5.74, 6) is -1.20. The van der Waals surface area contributed by atoms with Crippen LogP contribution in [-0.4, -0.2) is 108 Å².